The first-order chi connectivity index (χ1) is 9.68. The highest BCUT2D eigenvalue weighted by molar-refractivity contribution is 6.13. The summed E-state index contributed by atoms with van der Waals surface area (Å²) in [5.74, 6) is 0. The van der Waals surface area contributed by atoms with Crippen LogP contribution in [0.25, 0.3) is 27.3 Å². The van der Waals surface area contributed by atoms with Gasteiger partial charge >= 0.3 is 0 Å². The number of nitro benzene ring substituents is 1. The van der Waals surface area contributed by atoms with E-state index in [9.17, 15) is 14.9 Å². The lowest BCUT2D eigenvalue weighted by Gasteiger charge is -2.07. The highest BCUT2D eigenvalue weighted by Gasteiger charge is 2.18. The molecule has 0 bridgehead atoms. The molecule has 2 heterocycles. The molecular weight excluding hydrogens is 258 g/mol. The van der Waals surface area contributed by atoms with Crippen LogP contribution in [0.1, 0.15) is 0 Å². The predicted molar refractivity (Wildman–Crippen MR) is 74.3 cm³/mol. The van der Waals surface area contributed by atoms with Crippen LogP contribution in [0.15, 0.2) is 47.5 Å². The minimum Gasteiger partial charge on any atom is -0.296 e. The molecule has 0 amide bonds. The molecule has 6 heteroatoms. The number of pyridine rings is 1. The molecule has 0 aliphatic heterocycles. The van der Waals surface area contributed by atoms with Gasteiger partial charge in [0.25, 0.3) is 5.69 Å². The second kappa shape index (κ2) is 3.51. The van der Waals surface area contributed by atoms with Crippen molar-refractivity contribution in [3.8, 4) is 0 Å². The minimum atomic E-state index is -0.434. The summed E-state index contributed by atoms with van der Waals surface area (Å²) < 4.78 is 1.67. The van der Waals surface area contributed by atoms with E-state index >= 15 is 0 Å². The monoisotopic (exact) mass is 265 g/mol. The van der Waals surface area contributed by atoms with Crippen molar-refractivity contribution in [1.29, 1.82) is 0 Å². The van der Waals surface area contributed by atoms with E-state index in [1.165, 1.54) is 6.07 Å². The molecule has 4 rings (SSSR count). The van der Waals surface area contributed by atoms with Gasteiger partial charge in [0, 0.05) is 29.2 Å². The van der Waals surface area contributed by atoms with Crippen LogP contribution in [0.5, 0.6) is 0 Å². The van der Waals surface area contributed by atoms with E-state index < -0.39 is 4.92 Å². The number of imidazole rings is 1. The Labute approximate surface area is 111 Å². The number of aromatic nitrogens is 2. The third-order valence-corrected chi connectivity index (χ3v) is 3.54. The fourth-order valence-electron chi connectivity index (χ4n) is 2.71. The average molecular weight is 265 g/mol. The fraction of sp³-hybridized carbons (Fsp3) is 0. The van der Waals surface area contributed by atoms with Gasteiger partial charge in [-0.1, -0.05) is 12.1 Å². The molecule has 0 saturated heterocycles. The summed E-state index contributed by atoms with van der Waals surface area (Å²) in [5.41, 5.74) is 0.864. The van der Waals surface area contributed by atoms with Crippen LogP contribution >= 0.6 is 0 Å². The smallest absolute Gasteiger partial charge is 0.277 e. The van der Waals surface area contributed by atoms with Crippen LogP contribution < -0.4 is 5.43 Å². The number of benzene rings is 2. The Hall–Kier alpha value is -3.02. The maximum atomic E-state index is 12.4. The van der Waals surface area contributed by atoms with Crippen molar-refractivity contribution in [2.45, 2.75) is 0 Å². The summed E-state index contributed by atoms with van der Waals surface area (Å²) in [6.45, 7) is 0. The Balaban J connectivity index is 2.43. The lowest BCUT2D eigenvalue weighted by atomic mass is 10.0. The highest BCUT2D eigenvalue weighted by atomic mass is 16.6. The van der Waals surface area contributed by atoms with Gasteiger partial charge < -0.3 is 0 Å². The molecule has 0 atom stereocenters. The standard InChI is InChI=1S/C14H7N3O3/c18-13-9-3-1-2-8-10(17(19)20)4-5-11(12(8)9)16-7-6-15-14(13)16/h1-7H. The number of rotatable bonds is 1. The van der Waals surface area contributed by atoms with E-state index in [4.69, 9.17) is 0 Å². The van der Waals surface area contributed by atoms with Crippen LogP contribution in [-0.4, -0.2) is 14.3 Å². The van der Waals surface area contributed by atoms with Crippen LogP contribution in [0.3, 0.4) is 0 Å². The lowest BCUT2D eigenvalue weighted by Crippen LogP contribution is -2.08. The SMILES string of the molecule is O=c1c2cccc3c([N+](=O)[O-])ccc(c32)n2ccnc12. The fourth-order valence-corrected chi connectivity index (χ4v) is 2.71. The van der Waals surface area contributed by atoms with Crippen LogP contribution in [0.2, 0.25) is 0 Å². The van der Waals surface area contributed by atoms with Crippen molar-refractivity contribution in [1.82, 2.24) is 9.38 Å². The molecule has 2 aromatic carbocycles. The summed E-state index contributed by atoms with van der Waals surface area (Å²) in [6.07, 6.45) is 3.23. The van der Waals surface area contributed by atoms with E-state index in [1.54, 1.807) is 41.1 Å². The number of fused-ring (bicyclic) bond motifs is 2. The third-order valence-electron chi connectivity index (χ3n) is 3.54. The van der Waals surface area contributed by atoms with Crippen molar-refractivity contribution in [2.75, 3.05) is 0 Å². The molecule has 0 aliphatic carbocycles. The van der Waals surface area contributed by atoms with E-state index in [2.05, 4.69) is 4.98 Å². The predicted octanol–water partition coefficient (Wildman–Crippen LogP) is 2.35. The topological polar surface area (TPSA) is 77.5 Å². The maximum absolute atomic E-state index is 12.4. The summed E-state index contributed by atoms with van der Waals surface area (Å²) in [7, 11) is 0. The molecular formula is C14H7N3O3. The van der Waals surface area contributed by atoms with Gasteiger partial charge in [-0.25, -0.2) is 4.98 Å². The normalized spacial score (nSPS) is 11.6. The van der Waals surface area contributed by atoms with Crippen LogP contribution in [0.4, 0.5) is 5.69 Å². The van der Waals surface area contributed by atoms with Gasteiger partial charge in [0.1, 0.15) is 0 Å². The van der Waals surface area contributed by atoms with Crippen LogP contribution in [0, 0.1) is 10.1 Å². The molecule has 0 aliphatic rings. The van der Waals surface area contributed by atoms with Crippen molar-refractivity contribution in [3.63, 3.8) is 0 Å². The van der Waals surface area contributed by atoms with Gasteiger partial charge in [-0.05, 0) is 12.1 Å². The summed E-state index contributed by atoms with van der Waals surface area (Å²) in [6, 6.07) is 8.11. The second-order valence-electron chi connectivity index (χ2n) is 4.54. The molecule has 2 aromatic heterocycles. The van der Waals surface area contributed by atoms with Gasteiger partial charge in [-0.15, -0.1) is 0 Å². The molecule has 0 radical (unpaired) electrons. The Morgan fingerprint density at radius 1 is 1.15 bits per heavy atom. The molecule has 4 aromatic rings. The van der Waals surface area contributed by atoms with Crippen molar-refractivity contribution < 1.29 is 4.92 Å². The number of hydrogen-bond acceptors (Lipinski definition) is 4. The van der Waals surface area contributed by atoms with Crippen molar-refractivity contribution in [3.05, 3.63) is 63.1 Å². The average Bonchev–Trinajstić information content (AvgIpc) is 2.93. The molecule has 0 fully saturated rings. The Morgan fingerprint density at radius 2 is 1.95 bits per heavy atom. The second-order valence-corrected chi connectivity index (χ2v) is 4.54. The van der Waals surface area contributed by atoms with Gasteiger partial charge in [-0.2, -0.15) is 0 Å². The van der Waals surface area contributed by atoms with Gasteiger partial charge in [0.05, 0.1) is 15.8 Å². The maximum Gasteiger partial charge on any atom is 0.277 e. The van der Waals surface area contributed by atoms with E-state index in [0.29, 0.717) is 21.8 Å². The van der Waals surface area contributed by atoms with Crippen molar-refractivity contribution in [2.24, 2.45) is 0 Å². The van der Waals surface area contributed by atoms with Gasteiger partial charge in [0.15, 0.2) is 5.65 Å². The zero-order chi connectivity index (χ0) is 13.9. The molecule has 20 heavy (non-hydrogen) atoms. The summed E-state index contributed by atoms with van der Waals surface area (Å²) >= 11 is 0. The Bertz CT molecular complexity index is 1050. The minimum absolute atomic E-state index is 0.00182. The van der Waals surface area contributed by atoms with Gasteiger partial charge in [-0.3, -0.25) is 19.3 Å². The number of nitro groups is 1. The first-order valence-corrected chi connectivity index (χ1v) is 5.97. The lowest BCUT2D eigenvalue weighted by molar-refractivity contribution is -0.383. The van der Waals surface area contributed by atoms with Crippen molar-refractivity contribution >= 4 is 33.0 Å². The zero-order valence-electron chi connectivity index (χ0n) is 10.1. The highest BCUT2D eigenvalue weighted by Crippen LogP contribution is 2.32. The quantitative estimate of drug-likeness (QED) is 0.391. The van der Waals surface area contributed by atoms with E-state index in [0.717, 1.165) is 5.52 Å². The number of nitrogens with zero attached hydrogens (tertiary/aromatic N) is 3. The Kier molecular flexibility index (Phi) is 1.90. The number of non-ortho nitro benzene ring substituents is 1. The molecule has 96 valence electrons. The molecule has 0 saturated carbocycles. The molecule has 0 N–H and O–H groups in total. The Morgan fingerprint density at radius 3 is 2.75 bits per heavy atom. The van der Waals surface area contributed by atoms with Gasteiger partial charge in [0.2, 0.25) is 5.43 Å². The third kappa shape index (κ3) is 1.17. The van der Waals surface area contributed by atoms with Crippen LogP contribution in [-0.2, 0) is 0 Å². The molecule has 0 spiro atoms. The first kappa shape index (κ1) is 10.9. The van der Waals surface area contributed by atoms with E-state index in [1.807, 2.05) is 0 Å². The zero-order valence-corrected chi connectivity index (χ0v) is 10.1. The van der Waals surface area contributed by atoms with E-state index in [-0.39, 0.29) is 11.1 Å². The first-order valence-electron chi connectivity index (χ1n) is 5.97. The molecule has 0 unspecified atom stereocenters. The number of hydrogen-bond donors (Lipinski definition) is 0. The summed E-state index contributed by atoms with van der Waals surface area (Å²) in [5, 5.41) is 12.7. The largest absolute Gasteiger partial charge is 0.296 e. The summed E-state index contributed by atoms with van der Waals surface area (Å²) in [4.78, 5) is 27.1. The molecule has 6 nitrogen and oxygen atoms in total.